The molecule has 29 heavy (non-hydrogen) atoms. The lowest BCUT2D eigenvalue weighted by Gasteiger charge is -2.27. The third-order valence-electron chi connectivity index (χ3n) is 5.02. The van der Waals surface area contributed by atoms with Crippen LogP contribution in [-0.2, 0) is 0 Å². The van der Waals surface area contributed by atoms with Gasteiger partial charge in [0.2, 0.25) is 0 Å². The maximum atomic E-state index is 13.0. The van der Waals surface area contributed by atoms with E-state index >= 15 is 0 Å². The molecule has 7 heteroatoms. The Balaban J connectivity index is 2.07. The fourth-order valence-corrected chi connectivity index (χ4v) is 4.10. The number of benzene rings is 1. The molecule has 1 aromatic carbocycles. The highest BCUT2D eigenvalue weighted by atomic mass is 79.9. The van der Waals surface area contributed by atoms with E-state index in [1.165, 1.54) is 6.42 Å². The van der Waals surface area contributed by atoms with Gasteiger partial charge in [-0.15, -0.1) is 0 Å². The standard InChI is InChI=1S/C22H28BrN3O3/c1-4-12-29-17-9-8-15(22(28)26-10-6-5-7-11-26)13-16(17)20-24-19(14(2)3)18(23)21(27)25-20/h8-9,13-14H,4-7,10-12H2,1-3H3,(H,24,25,27). The second-order valence-electron chi connectivity index (χ2n) is 7.68. The number of piperidine rings is 1. The Morgan fingerprint density at radius 2 is 2.00 bits per heavy atom. The van der Waals surface area contributed by atoms with Crippen molar-refractivity contribution in [2.45, 2.75) is 52.4 Å². The predicted molar refractivity (Wildman–Crippen MR) is 118 cm³/mol. The monoisotopic (exact) mass is 461 g/mol. The number of H-pyrrole nitrogens is 1. The maximum absolute atomic E-state index is 13.0. The highest BCUT2D eigenvalue weighted by Crippen LogP contribution is 2.31. The summed E-state index contributed by atoms with van der Waals surface area (Å²) in [5.41, 5.74) is 1.65. The molecule has 1 saturated heterocycles. The number of nitrogens with zero attached hydrogens (tertiary/aromatic N) is 2. The first-order valence-electron chi connectivity index (χ1n) is 10.3. The summed E-state index contributed by atoms with van der Waals surface area (Å²) in [4.78, 5) is 34.9. The average molecular weight is 462 g/mol. The van der Waals surface area contributed by atoms with Crippen molar-refractivity contribution in [3.05, 3.63) is 44.3 Å². The van der Waals surface area contributed by atoms with Gasteiger partial charge in [0.1, 0.15) is 16.0 Å². The molecule has 0 spiro atoms. The van der Waals surface area contributed by atoms with Crippen molar-refractivity contribution in [3.63, 3.8) is 0 Å². The van der Waals surface area contributed by atoms with Gasteiger partial charge in [-0.1, -0.05) is 20.8 Å². The van der Waals surface area contributed by atoms with Crippen LogP contribution in [0.3, 0.4) is 0 Å². The normalized spacial score (nSPS) is 14.3. The van der Waals surface area contributed by atoms with Crippen LogP contribution >= 0.6 is 15.9 Å². The van der Waals surface area contributed by atoms with Gasteiger partial charge in [-0.2, -0.15) is 0 Å². The van der Waals surface area contributed by atoms with E-state index in [9.17, 15) is 9.59 Å². The summed E-state index contributed by atoms with van der Waals surface area (Å²) >= 11 is 3.34. The van der Waals surface area contributed by atoms with Gasteiger partial charge < -0.3 is 14.6 Å². The number of aromatic amines is 1. The van der Waals surface area contributed by atoms with Crippen molar-refractivity contribution in [3.8, 4) is 17.1 Å². The molecule has 1 N–H and O–H groups in total. The van der Waals surface area contributed by atoms with Gasteiger partial charge in [0.25, 0.3) is 11.5 Å². The van der Waals surface area contributed by atoms with Crippen LogP contribution in [0.5, 0.6) is 5.75 Å². The van der Waals surface area contributed by atoms with E-state index < -0.39 is 0 Å². The number of likely N-dealkylation sites (tertiary alicyclic amines) is 1. The molecule has 156 valence electrons. The first-order chi connectivity index (χ1) is 13.9. The van der Waals surface area contributed by atoms with Crippen LogP contribution in [0.25, 0.3) is 11.4 Å². The Morgan fingerprint density at radius 3 is 2.66 bits per heavy atom. The van der Waals surface area contributed by atoms with Crippen molar-refractivity contribution in [2.24, 2.45) is 0 Å². The topological polar surface area (TPSA) is 75.3 Å². The number of hydrogen-bond acceptors (Lipinski definition) is 4. The lowest BCUT2D eigenvalue weighted by molar-refractivity contribution is 0.0724. The molecule has 1 amide bonds. The van der Waals surface area contributed by atoms with Crippen LogP contribution in [0.4, 0.5) is 0 Å². The molecule has 0 unspecified atom stereocenters. The number of ether oxygens (including phenoxy) is 1. The Kier molecular flexibility index (Phi) is 7.11. The summed E-state index contributed by atoms with van der Waals surface area (Å²) in [7, 11) is 0. The Hall–Kier alpha value is -2.15. The molecule has 2 aromatic rings. The Morgan fingerprint density at radius 1 is 1.28 bits per heavy atom. The summed E-state index contributed by atoms with van der Waals surface area (Å²) in [6.07, 6.45) is 4.10. The van der Waals surface area contributed by atoms with Crippen molar-refractivity contribution in [1.29, 1.82) is 0 Å². The van der Waals surface area contributed by atoms with Gasteiger partial charge in [0, 0.05) is 18.7 Å². The summed E-state index contributed by atoms with van der Waals surface area (Å²) < 4.78 is 6.33. The van der Waals surface area contributed by atoms with Crippen LogP contribution < -0.4 is 10.3 Å². The summed E-state index contributed by atoms with van der Waals surface area (Å²) in [6, 6.07) is 5.39. The van der Waals surface area contributed by atoms with Gasteiger partial charge in [0.15, 0.2) is 0 Å². The zero-order chi connectivity index (χ0) is 21.0. The molecule has 1 aromatic heterocycles. The molecule has 2 heterocycles. The highest BCUT2D eigenvalue weighted by molar-refractivity contribution is 9.10. The first-order valence-corrected chi connectivity index (χ1v) is 11.1. The number of halogens is 1. The van der Waals surface area contributed by atoms with Crippen molar-refractivity contribution < 1.29 is 9.53 Å². The third-order valence-corrected chi connectivity index (χ3v) is 5.79. The van der Waals surface area contributed by atoms with E-state index in [0.29, 0.717) is 39.5 Å². The summed E-state index contributed by atoms with van der Waals surface area (Å²) in [5, 5.41) is 0. The molecule has 0 saturated carbocycles. The predicted octanol–water partition coefficient (Wildman–Crippen LogP) is 4.74. The largest absolute Gasteiger partial charge is 0.493 e. The third kappa shape index (κ3) is 4.89. The second-order valence-corrected chi connectivity index (χ2v) is 8.47. The minimum Gasteiger partial charge on any atom is -0.493 e. The quantitative estimate of drug-likeness (QED) is 0.673. The second kappa shape index (κ2) is 9.57. The van der Waals surface area contributed by atoms with E-state index in [2.05, 4.69) is 25.9 Å². The number of rotatable bonds is 6. The molecular weight excluding hydrogens is 434 g/mol. The van der Waals surface area contributed by atoms with Crippen molar-refractivity contribution >= 4 is 21.8 Å². The van der Waals surface area contributed by atoms with Gasteiger partial charge in [-0.25, -0.2) is 4.98 Å². The Labute approximate surface area is 179 Å². The van der Waals surface area contributed by atoms with E-state index in [1.807, 2.05) is 25.7 Å². The van der Waals surface area contributed by atoms with Gasteiger partial charge in [-0.3, -0.25) is 9.59 Å². The van der Waals surface area contributed by atoms with E-state index in [4.69, 9.17) is 4.74 Å². The van der Waals surface area contributed by atoms with Crippen molar-refractivity contribution in [2.75, 3.05) is 19.7 Å². The van der Waals surface area contributed by atoms with E-state index in [0.717, 1.165) is 32.4 Å². The SMILES string of the molecule is CCCOc1ccc(C(=O)N2CCCCC2)cc1-c1nc(C(C)C)c(Br)c(=O)[nH]1. The molecule has 1 aliphatic heterocycles. The lowest BCUT2D eigenvalue weighted by atomic mass is 10.0. The number of carbonyl (C=O) groups excluding carboxylic acids is 1. The van der Waals surface area contributed by atoms with E-state index in [-0.39, 0.29) is 17.4 Å². The molecule has 0 radical (unpaired) electrons. The van der Waals surface area contributed by atoms with Gasteiger partial charge in [0.05, 0.1) is 17.9 Å². The smallest absolute Gasteiger partial charge is 0.265 e. The Bertz CT molecular complexity index is 933. The minimum absolute atomic E-state index is 0.0107. The van der Waals surface area contributed by atoms with Crippen LogP contribution in [-0.4, -0.2) is 40.5 Å². The zero-order valence-electron chi connectivity index (χ0n) is 17.3. The van der Waals surface area contributed by atoms with Crippen LogP contribution in [0.2, 0.25) is 0 Å². The fraction of sp³-hybridized carbons (Fsp3) is 0.500. The first kappa shape index (κ1) is 21.6. The van der Waals surface area contributed by atoms with E-state index in [1.54, 1.807) is 18.2 Å². The average Bonchev–Trinajstić information content (AvgIpc) is 2.74. The highest BCUT2D eigenvalue weighted by Gasteiger charge is 2.21. The molecule has 0 aliphatic carbocycles. The number of hydrogen-bond donors (Lipinski definition) is 1. The maximum Gasteiger partial charge on any atom is 0.265 e. The molecular formula is C22H28BrN3O3. The zero-order valence-corrected chi connectivity index (χ0v) is 18.8. The van der Waals surface area contributed by atoms with Gasteiger partial charge in [-0.05, 0) is 65.7 Å². The molecule has 3 rings (SSSR count). The summed E-state index contributed by atoms with van der Waals surface area (Å²) in [6.45, 7) is 8.12. The molecule has 6 nitrogen and oxygen atoms in total. The molecule has 1 fully saturated rings. The van der Waals surface area contributed by atoms with Crippen LogP contribution in [0.15, 0.2) is 27.5 Å². The fourth-order valence-electron chi connectivity index (χ4n) is 3.45. The molecule has 1 aliphatic rings. The number of nitrogens with one attached hydrogen (secondary N) is 1. The van der Waals surface area contributed by atoms with Gasteiger partial charge >= 0.3 is 0 Å². The molecule has 0 bridgehead atoms. The number of aromatic nitrogens is 2. The van der Waals surface area contributed by atoms with Crippen molar-refractivity contribution in [1.82, 2.24) is 14.9 Å². The number of carbonyl (C=O) groups is 1. The molecule has 0 atom stereocenters. The minimum atomic E-state index is -0.243. The van der Waals surface area contributed by atoms with Crippen LogP contribution in [0.1, 0.15) is 68.4 Å². The lowest BCUT2D eigenvalue weighted by Crippen LogP contribution is -2.35. The summed E-state index contributed by atoms with van der Waals surface area (Å²) in [5.74, 6) is 1.11. The van der Waals surface area contributed by atoms with Crippen LogP contribution in [0, 0.1) is 0 Å². The number of amides is 1.